The van der Waals surface area contributed by atoms with Crippen molar-refractivity contribution in [1.82, 2.24) is 9.97 Å². The SMILES string of the molecule is O=S(=O)(Nc1ncc(C#CCCO)s1)c1cccnc1. The number of hydrogen-bond donors (Lipinski definition) is 2. The topological polar surface area (TPSA) is 92.2 Å². The summed E-state index contributed by atoms with van der Waals surface area (Å²) in [7, 11) is -3.68. The van der Waals surface area contributed by atoms with Crippen molar-refractivity contribution in [2.75, 3.05) is 11.3 Å². The van der Waals surface area contributed by atoms with Gasteiger partial charge in [0.15, 0.2) is 5.13 Å². The van der Waals surface area contributed by atoms with Gasteiger partial charge in [0, 0.05) is 18.8 Å². The van der Waals surface area contributed by atoms with Crippen molar-refractivity contribution in [3.8, 4) is 11.8 Å². The van der Waals surface area contributed by atoms with Gasteiger partial charge in [-0.2, -0.15) is 0 Å². The van der Waals surface area contributed by atoms with Gasteiger partial charge in [0.05, 0.1) is 17.7 Å². The van der Waals surface area contributed by atoms with E-state index in [0.717, 1.165) is 11.3 Å². The van der Waals surface area contributed by atoms with Crippen molar-refractivity contribution in [3.05, 3.63) is 35.6 Å². The zero-order valence-corrected chi connectivity index (χ0v) is 11.9. The van der Waals surface area contributed by atoms with Crippen molar-refractivity contribution in [2.24, 2.45) is 0 Å². The van der Waals surface area contributed by atoms with E-state index in [0.29, 0.717) is 11.3 Å². The van der Waals surface area contributed by atoms with Gasteiger partial charge in [-0.05, 0) is 12.1 Å². The van der Waals surface area contributed by atoms with Crippen LogP contribution in [0.2, 0.25) is 0 Å². The Morgan fingerprint density at radius 1 is 1.40 bits per heavy atom. The molecule has 0 spiro atoms. The second-order valence-corrected chi connectivity index (χ2v) is 6.31. The van der Waals surface area contributed by atoms with Crippen LogP contribution in [0.1, 0.15) is 11.3 Å². The number of hydrogen-bond acceptors (Lipinski definition) is 6. The Balaban J connectivity index is 2.13. The highest BCUT2D eigenvalue weighted by atomic mass is 32.2. The van der Waals surface area contributed by atoms with E-state index in [-0.39, 0.29) is 16.6 Å². The fourth-order valence-corrected chi connectivity index (χ4v) is 3.16. The Labute approximate surface area is 120 Å². The molecule has 8 heteroatoms. The largest absolute Gasteiger partial charge is 0.395 e. The normalized spacial score (nSPS) is 10.7. The molecule has 0 saturated heterocycles. The third-order valence-electron chi connectivity index (χ3n) is 2.12. The molecule has 2 rings (SSSR count). The summed E-state index contributed by atoms with van der Waals surface area (Å²) in [6.07, 6.45) is 4.61. The van der Waals surface area contributed by atoms with E-state index < -0.39 is 10.0 Å². The minimum Gasteiger partial charge on any atom is -0.395 e. The van der Waals surface area contributed by atoms with Crippen molar-refractivity contribution >= 4 is 26.5 Å². The summed E-state index contributed by atoms with van der Waals surface area (Å²) in [6, 6.07) is 2.99. The number of aromatic nitrogens is 2. The van der Waals surface area contributed by atoms with E-state index >= 15 is 0 Å². The molecular formula is C12H11N3O3S2. The number of aliphatic hydroxyl groups excluding tert-OH is 1. The average molecular weight is 309 g/mol. The first-order valence-corrected chi connectivity index (χ1v) is 7.90. The lowest BCUT2D eigenvalue weighted by atomic mass is 10.4. The molecule has 0 aliphatic heterocycles. The maximum absolute atomic E-state index is 12.0. The van der Waals surface area contributed by atoms with Gasteiger partial charge in [-0.3, -0.25) is 9.71 Å². The van der Waals surface area contributed by atoms with Gasteiger partial charge in [-0.15, -0.1) is 0 Å². The minimum absolute atomic E-state index is 0.00764. The number of rotatable bonds is 4. The molecular weight excluding hydrogens is 298 g/mol. The molecule has 0 aliphatic carbocycles. The minimum atomic E-state index is -3.68. The lowest BCUT2D eigenvalue weighted by Crippen LogP contribution is -2.12. The summed E-state index contributed by atoms with van der Waals surface area (Å²) < 4.78 is 26.4. The Morgan fingerprint density at radius 2 is 2.25 bits per heavy atom. The van der Waals surface area contributed by atoms with E-state index in [4.69, 9.17) is 5.11 Å². The van der Waals surface area contributed by atoms with Gasteiger partial charge in [0.25, 0.3) is 10.0 Å². The van der Waals surface area contributed by atoms with Gasteiger partial charge < -0.3 is 5.11 Å². The third-order valence-corrected chi connectivity index (χ3v) is 4.40. The Kier molecular flexibility index (Phi) is 4.68. The first-order valence-electron chi connectivity index (χ1n) is 5.60. The van der Waals surface area contributed by atoms with Crippen LogP contribution in [0.4, 0.5) is 5.13 Å². The number of pyridine rings is 1. The molecule has 104 valence electrons. The van der Waals surface area contributed by atoms with Crippen LogP contribution in [-0.4, -0.2) is 30.1 Å². The van der Waals surface area contributed by atoms with Gasteiger partial charge in [0.2, 0.25) is 0 Å². The molecule has 0 saturated carbocycles. The zero-order chi connectivity index (χ0) is 14.4. The van der Waals surface area contributed by atoms with E-state index in [1.165, 1.54) is 24.7 Å². The fraction of sp³-hybridized carbons (Fsp3) is 0.167. The first-order chi connectivity index (χ1) is 9.62. The van der Waals surface area contributed by atoms with E-state index in [2.05, 4.69) is 26.5 Å². The molecule has 6 nitrogen and oxygen atoms in total. The molecule has 2 aromatic rings. The average Bonchev–Trinajstić information content (AvgIpc) is 2.87. The Morgan fingerprint density at radius 3 is 2.95 bits per heavy atom. The van der Waals surface area contributed by atoms with Crippen molar-refractivity contribution in [1.29, 1.82) is 0 Å². The predicted molar refractivity (Wildman–Crippen MR) is 75.7 cm³/mol. The van der Waals surface area contributed by atoms with E-state index in [1.54, 1.807) is 6.07 Å². The van der Waals surface area contributed by atoms with Crippen molar-refractivity contribution in [2.45, 2.75) is 11.3 Å². The number of nitrogens with zero attached hydrogens (tertiary/aromatic N) is 2. The van der Waals surface area contributed by atoms with Crippen molar-refractivity contribution < 1.29 is 13.5 Å². The molecule has 20 heavy (non-hydrogen) atoms. The van der Waals surface area contributed by atoms with Crippen LogP contribution >= 0.6 is 11.3 Å². The standard InChI is InChI=1S/C12H11N3O3S2/c16-7-2-1-4-10-8-14-12(19-10)15-20(17,18)11-5-3-6-13-9-11/h3,5-6,8-9,16H,2,7H2,(H,14,15). The lowest BCUT2D eigenvalue weighted by Gasteiger charge is -2.03. The number of sulfonamides is 1. The molecule has 2 N–H and O–H groups in total. The maximum atomic E-state index is 12.0. The highest BCUT2D eigenvalue weighted by Gasteiger charge is 2.15. The number of nitrogens with one attached hydrogen (secondary N) is 1. The summed E-state index contributed by atoms with van der Waals surface area (Å²) in [6.45, 7) is -0.00764. The summed E-state index contributed by atoms with van der Waals surface area (Å²) in [5.74, 6) is 5.53. The molecule has 0 unspecified atom stereocenters. The lowest BCUT2D eigenvalue weighted by molar-refractivity contribution is 0.305. The molecule has 0 atom stereocenters. The van der Waals surface area contributed by atoms with Crippen LogP contribution in [0.3, 0.4) is 0 Å². The zero-order valence-electron chi connectivity index (χ0n) is 10.3. The van der Waals surface area contributed by atoms with Crippen LogP contribution < -0.4 is 4.72 Å². The van der Waals surface area contributed by atoms with Crippen molar-refractivity contribution in [3.63, 3.8) is 0 Å². The van der Waals surface area contributed by atoms with E-state index in [1.807, 2.05) is 0 Å². The summed E-state index contributed by atoms with van der Waals surface area (Å²) in [5.41, 5.74) is 0. The number of thiazole rings is 1. The second kappa shape index (κ2) is 6.47. The van der Waals surface area contributed by atoms with Crippen LogP contribution in [0.15, 0.2) is 35.6 Å². The molecule has 0 aromatic carbocycles. The summed E-state index contributed by atoms with van der Waals surface area (Å²) in [4.78, 5) is 8.41. The van der Waals surface area contributed by atoms with Crippen LogP contribution in [0, 0.1) is 11.8 Å². The van der Waals surface area contributed by atoms with Gasteiger partial charge in [0.1, 0.15) is 4.90 Å². The number of anilines is 1. The van der Waals surface area contributed by atoms with Crippen LogP contribution in [-0.2, 0) is 10.0 Å². The fourth-order valence-electron chi connectivity index (χ4n) is 1.26. The molecule has 0 aliphatic rings. The maximum Gasteiger partial charge on any atom is 0.265 e. The number of aliphatic hydroxyl groups is 1. The quantitative estimate of drug-likeness (QED) is 0.824. The molecule has 2 heterocycles. The third kappa shape index (κ3) is 3.77. The summed E-state index contributed by atoms with van der Waals surface area (Å²) in [5, 5.41) is 8.85. The Bertz CT molecular complexity index is 730. The van der Waals surface area contributed by atoms with Crippen LogP contribution in [0.25, 0.3) is 0 Å². The molecule has 0 radical (unpaired) electrons. The summed E-state index contributed by atoms with van der Waals surface area (Å²) >= 11 is 1.13. The predicted octanol–water partition coefficient (Wildman–Crippen LogP) is 1.07. The van der Waals surface area contributed by atoms with Gasteiger partial charge in [-0.25, -0.2) is 13.4 Å². The second-order valence-electron chi connectivity index (χ2n) is 3.60. The smallest absolute Gasteiger partial charge is 0.265 e. The van der Waals surface area contributed by atoms with Crippen LogP contribution in [0.5, 0.6) is 0 Å². The Hall–Kier alpha value is -1.95. The highest BCUT2D eigenvalue weighted by molar-refractivity contribution is 7.93. The molecule has 0 bridgehead atoms. The monoisotopic (exact) mass is 309 g/mol. The van der Waals surface area contributed by atoms with Gasteiger partial charge in [-0.1, -0.05) is 23.2 Å². The molecule has 0 amide bonds. The van der Waals surface area contributed by atoms with E-state index in [9.17, 15) is 8.42 Å². The highest BCUT2D eigenvalue weighted by Crippen LogP contribution is 2.20. The van der Waals surface area contributed by atoms with Gasteiger partial charge >= 0.3 is 0 Å². The first kappa shape index (κ1) is 14.5. The molecule has 2 aromatic heterocycles. The molecule has 0 fully saturated rings.